The van der Waals surface area contributed by atoms with Crippen LogP contribution in [0.1, 0.15) is 54.5 Å². The van der Waals surface area contributed by atoms with Crippen LogP contribution in [0, 0.1) is 0 Å². The van der Waals surface area contributed by atoms with Gasteiger partial charge in [-0.15, -0.1) is 11.8 Å². The van der Waals surface area contributed by atoms with Crippen LogP contribution in [0.4, 0.5) is 5.82 Å². The molecule has 1 aliphatic heterocycles. The van der Waals surface area contributed by atoms with Gasteiger partial charge in [-0.25, -0.2) is 0 Å². The molecule has 5 nitrogen and oxygen atoms in total. The summed E-state index contributed by atoms with van der Waals surface area (Å²) in [5.41, 5.74) is 1.62. The number of H-pyrrole nitrogens is 1. The van der Waals surface area contributed by atoms with Gasteiger partial charge in [0.2, 0.25) is 5.91 Å². The van der Waals surface area contributed by atoms with Crippen LogP contribution in [0.15, 0.2) is 33.5 Å². The summed E-state index contributed by atoms with van der Waals surface area (Å²) in [4.78, 5) is 25.0. The smallest absolute Gasteiger partial charge is 0.270 e. The Morgan fingerprint density at radius 2 is 1.80 bits per heavy atom. The molecule has 2 N–H and O–H groups in total. The van der Waals surface area contributed by atoms with Gasteiger partial charge < -0.3 is 5.32 Å². The van der Waals surface area contributed by atoms with Gasteiger partial charge in [-0.2, -0.15) is 0 Å². The Labute approximate surface area is 158 Å². The summed E-state index contributed by atoms with van der Waals surface area (Å²) >= 11 is 4.96. The zero-order valence-electron chi connectivity index (χ0n) is 13.8. The molecule has 25 heavy (non-hydrogen) atoms. The summed E-state index contributed by atoms with van der Waals surface area (Å²) in [5.74, 6) is 0.966. The lowest BCUT2D eigenvalue weighted by Gasteiger charge is -2.24. The van der Waals surface area contributed by atoms with Gasteiger partial charge in [0, 0.05) is 4.47 Å². The number of fused-ring (bicyclic) bond motifs is 1. The summed E-state index contributed by atoms with van der Waals surface area (Å²) in [6, 6.07) is 8.24. The van der Waals surface area contributed by atoms with Crippen molar-refractivity contribution in [3.05, 3.63) is 50.2 Å². The van der Waals surface area contributed by atoms with E-state index in [4.69, 9.17) is 0 Å². The highest BCUT2D eigenvalue weighted by Gasteiger charge is 2.32. The van der Waals surface area contributed by atoms with Gasteiger partial charge in [0.25, 0.3) is 5.56 Å². The van der Waals surface area contributed by atoms with Gasteiger partial charge in [-0.1, -0.05) is 47.3 Å². The molecule has 1 aromatic heterocycles. The van der Waals surface area contributed by atoms with Crippen LogP contribution in [0.25, 0.3) is 0 Å². The second kappa shape index (κ2) is 7.03. The van der Waals surface area contributed by atoms with Crippen molar-refractivity contribution in [2.75, 3.05) is 11.1 Å². The first kappa shape index (κ1) is 17.0. The number of thioether (sulfide) groups is 1. The zero-order chi connectivity index (χ0) is 17.4. The Hall–Kier alpha value is -1.47. The van der Waals surface area contributed by atoms with Gasteiger partial charge >= 0.3 is 0 Å². The van der Waals surface area contributed by atoms with E-state index >= 15 is 0 Å². The molecule has 0 bridgehead atoms. The largest absolute Gasteiger partial charge is 0.310 e. The van der Waals surface area contributed by atoms with Crippen molar-refractivity contribution in [2.24, 2.45) is 0 Å². The molecular formula is C18H20BrN3O2S. The summed E-state index contributed by atoms with van der Waals surface area (Å²) < 4.78 is 2.92. The number of nitrogens with one attached hydrogen (secondary N) is 2. The van der Waals surface area contributed by atoms with E-state index in [-0.39, 0.29) is 22.8 Å². The lowest BCUT2D eigenvalue weighted by molar-refractivity contribution is -0.113. The predicted octanol–water partition coefficient (Wildman–Crippen LogP) is 4.22. The van der Waals surface area contributed by atoms with Crippen molar-refractivity contribution in [3.8, 4) is 0 Å². The minimum atomic E-state index is -0.143. The van der Waals surface area contributed by atoms with Crippen molar-refractivity contribution in [1.82, 2.24) is 9.78 Å². The molecule has 1 fully saturated rings. The van der Waals surface area contributed by atoms with Crippen molar-refractivity contribution in [2.45, 2.75) is 43.4 Å². The van der Waals surface area contributed by atoms with Crippen molar-refractivity contribution in [3.63, 3.8) is 0 Å². The number of rotatable bonds is 2. The van der Waals surface area contributed by atoms with Crippen LogP contribution in [-0.2, 0) is 4.79 Å². The first-order valence-corrected chi connectivity index (χ1v) is 10.5. The van der Waals surface area contributed by atoms with Gasteiger partial charge in [0.05, 0.1) is 22.6 Å². The standard InChI is InChI=1S/C18H20BrN3O2S/c19-12-8-6-11(7-9-12)16-15-17(20-14(23)10-25-16)22(21-18(15)24)13-4-2-1-3-5-13/h6-9,13,16H,1-5,10H2,(H,20,23)(H,21,24). The molecule has 2 aromatic rings. The Morgan fingerprint density at radius 1 is 1.08 bits per heavy atom. The van der Waals surface area contributed by atoms with Gasteiger partial charge in [-0.05, 0) is 30.5 Å². The molecule has 0 saturated heterocycles. The topological polar surface area (TPSA) is 66.9 Å². The van der Waals surface area contributed by atoms with E-state index in [1.807, 2.05) is 28.9 Å². The number of hydrogen-bond acceptors (Lipinski definition) is 3. The summed E-state index contributed by atoms with van der Waals surface area (Å²) in [7, 11) is 0. The van der Waals surface area contributed by atoms with Crippen molar-refractivity contribution in [1.29, 1.82) is 0 Å². The van der Waals surface area contributed by atoms with Crippen LogP contribution in [0.5, 0.6) is 0 Å². The average molecular weight is 422 g/mol. The highest BCUT2D eigenvalue weighted by Crippen LogP contribution is 2.41. The Kier molecular flexibility index (Phi) is 4.78. The maximum absolute atomic E-state index is 12.8. The van der Waals surface area contributed by atoms with Gasteiger partial charge in [0.15, 0.2) is 0 Å². The number of carbonyl (C=O) groups excluding carboxylic acids is 1. The third kappa shape index (κ3) is 3.31. The van der Waals surface area contributed by atoms with Crippen LogP contribution in [0.2, 0.25) is 0 Å². The fourth-order valence-electron chi connectivity index (χ4n) is 3.76. The third-order valence-electron chi connectivity index (χ3n) is 4.98. The van der Waals surface area contributed by atoms with Gasteiger partial charge in [0.1, 0.15) is 5.82 Å². The molecule has 4 rings (SSSR count). The Morgan fingerprint density at radius 3 is 2.52 bits per heavy atom. The number of nitrogens with zero attached hydrogens (tertiary/aromatic N) is 1. The van der Waals surface area contributed by atoms with E-state index in [1.54, 1.807) is 0 Å². The monoisotopic (exact) mass is 421 g/mol. The minimum Gasteiger partial charge on any atom is -0.310 e. The number of hydrogen-bond donors (Lipinski definition) is 2. The minimum absolute atomic E-state index is 0.0468. The van der Waals surface area contributed by atoms with Crippen LogP contribution < -0.4 is 10.9 Å². The average Bonchev–Trinajstić information content (AvgIpc) is 2.83. The second-order valence-corrected chi connectivity index (χ2v) is 8.66. The van der Waals surface area contributed by atoms with Gasteiger partial charge in [-0.3, -0.25) is 19.4 Å². The van der Waals surface area contributed by atoms with Crippen molar-refractivity contribution < 1.29 is 4.79 Å². The van der Waals surface area contributed by atoms with E-state index in [0.717, 1.165) is 22.9 Å². The molecule has 2 heterocycles. The van der Waals surface area contributed by atoms with E-state index < -0.39 is 0 Å². The van der Waals surface area contributed by atoms with Crippen molar-refractivity contribution >= 4 is 39.4 Å². The number of aromatic amines is 1. The number of halogens is 1. The maximum Gasteiger partial charge on any atom is 0.270 e. The lowest BCUT2D eigenvalue weighted by atomic mass is 9.95. The Balaban J connectivity index is 1.81. The lowest BCUT2D eigenvalue weighted by Crippen LogP contribution is -2.21. The van der Waals surface area contributed by atoms with E-state index in [9.17, 15) is 9.59 Å². The van der Waals surface area contributed by atoms with E-state index in [1.165, 1.54) is 31.0 Å². The SMILES string of the molecule is O=C1CSC(c2ccc(Br)cc2)c2c(n(C3CCCCC3)[nH]c2=O)N1. The first-order chi connectivity index (χ1) is 12.1. The quantitative estimate of drug-likeness (QED) is 0.762. The fraction of sp³-hybridized carbons (Fsp3) is 0.444. The normalized spacial score (nSPS) is 21.5. The second-order valence-electron chi connectivity index (χ2n) is 6.66. The summed E-state index contributed by atoms with van der Waals surface area (Å²) in [6.45, 7) is 0. The van der Waals surface area contributed by atoms with Crippen LogP contribution in [0.3, 0.4) is 0 Å². The zero-order valence-corrected chi connectivity index (χ0v) is 16.2. The predicted molar refractivity (Wildman–Crippen MR) is 104 cm³/mol. The van der Waals surface area contributed by atoms with E-state index in [0.29, 0.717) is 17.1 Å². The third-order valence-corrected chi connectivity index (χ3v) is 6.78. The molecule has 1 atom stereocenters. The van der Waals surface area contributed by atoms with Crippen LogP contribution >= 0.6 is 27.7 Å². The number of anilines is 1. The number of carbonyl (C=O) groups is 1. The first-order valence-electron chi connectivity index (χ1n) is 8.65. The molecule has 1 aromatic carbocycles. The highest BCUT2D eigenvalue weighted by molar-refractivity contribution is 9.10. The summed E-state index contributed by atoms with van der Waals surface area (Å²) in [6.07, 6.45) is 5.66. The molecule has 0 radical (unpaired) electrons. The van der Waals surface area contributed by atoms with Crippen LogP contribution in [-0.4, -0.2) is 21.4 Å². The Bertz CT molecular complexity index is 837. The molecule has 1 saturated carbocycles. The molecule has 132 valence electrons. The molecule has 2 aliphatic rings. The summed E-state index contributed by atoms with van der Waals surface area (Å²) in [5, 5.41) is 5.85. The number of aromatic nitrogens is 2. The number of benzene rings is 1. The number of amides is 1. The molecule has 1 amide bonds. The molecule has 1 aliphatic carbocycles. The molecular weight excluding hydrogens is 402 g/mol. The van der Waals surface area contributed by atoms with E-state index in [2.05, 4.69) is 26.3 Å². The molecule has 1 unspecified atom stereocenters. The maximum atomic E-state index is 12.8. The molecule has 0 spiro atoms. The fourth-order valence-corrected chi connectivity index (χ4v) is 5.15. The highest BCUT2D eigenvalue weighted by atomic mass is 79.9. The molecule has 7 heteroatoms.